The summed E-state index contributed by atoms with van der Waals surface area (Å²) in [5.41, 5.74) is 1.37. The maximum absolute atomic E-state index is 13.0. The maximum Gasteiger partial charge on any atom is 0.256 e. The number of morpholine rings is 1. The Labute approximate surface area is 159 Å². The van der Waals surface area contributed by atoms with Crippen molar-refractivity contribution in [3.8, 4) is 5.69 Å². The number of aromatic nitrogens is 4. The first-order chi connectivity index (χ1) is 13.3. The monoisotopic (exact) mass is 370 g/mol. The molecular formula is C19H26N6O2. The van der Waals surface area contributed by atoms with Crippen molar-refractivity contribution in [1.82, 2.24) is 30.0 Å². The highest BCUT2D eigenvalue weighted by Crippen LogP contribution is 2.24. The smallest absolute Gasteiger partial charge is 0.256 e. The molecule has 0 atom stereocenters. The van der Waals surface area contributed by atoms with Crippen LogP contribution in [0.25, 0.3) is 5.69 Å². The molecule has 0 unspecified atom stereocenters. The molecule has 2 saturated heterocycles. The topological polar surface area (TPSA) is 76.4 Å². The lowest BCUT2D eigenvalue weighted by Crippen LogP contribution is -2.41. The van der Waals surface area contributed by atoms with Crippen LogP contribution in [0.1, 0.15) is 29.6 Å². The normalized spacial score (nSPS) is 19.3. The highest BCUT2D eigenvalue weighted by molar-refractivity contribution is 5.97. The number of likely N-dealkylation sites (tertiary alicyclic amines) is 1. The second kappa shape index (κ2) is 8.58. The Hall–Kier alpha value is -2.32. The quantitative estimate of drug-likeness (QED) is 0.788. The number of para-hydroxylation sites is 1. The average Bonchev–Trinajstić information content (AvgIpc) is 3.28. The minimum atomic E-state index is 0.0627. The molecule has 1 aromatic carbocycles. The van der Waals surface area contributed by atoms with Crippen molar-refractivity contribution in [2.24, 2.45) is 5.92 Å². The van der Waals surface area contributed by atoms with Gasteiger partial charge in [-0.15, -0.1) is 5.10 Å². The molecule has 27 heavy (non-hydrogen) atoms. The van der Waals surface area contributed by atoms with Crippen LogP contribution in [0.4, 0.5) is 0 Å². The van der Waals surface area contributed by atoms with Crippen LogP contribution in [-0.2, 0) is 4.74 Å². The van der Waals surface area contributed by atoms with Crippen LogP contribution in [0.3, 0.4) is 0 Å². The molecule has 0 N–H and O–H groups in total. The number of hydrogen-bond acceptors (Lipinski definition) is 6. The molecule has 0 radical (unpaired) electrons. The number of tetrazole rings is 1. The van der Waals surface area contributed by atoms with E-state index in [0.29, 0.717) is 11.5 Å². The molecule has 2 aromatic rings. The van der Waals surface area contributed by atoms with Gasteiger partial charge in [0, 0.05) is 26.2 Å². The molecule has 8 nitrogen and oxygen atoms in total. The molecule has 144 valence electrons. The molecule has 1 amide bonds. The summed E-state index contributed by atoms with van der Waals surface area (Å²) >= 11 is 0. The van der Waals surface area contributed by atoms with Crippen molar-refractivity contribution in [3.63, 3.8) is 0 Å². The van der Waals surface area contributed by atoms with E-state index in [9.17, 15) is 4.79 Å². The summed E-state index contributed by atoms with van der Waals surface area (Å²) in [5, 5.41) is 11.3. The number of rotatable bonds is 5. The van der Waals surface area contributed by atoms with Gasteiger partial charge >= 0.3 is 0 Å². The Kier molecular flexibility index (Phi) is 5.74. The van der Waals surface area contributed by atoms with Gasteiger partial charge in [-0.3, -0.25) is 9.69 Å². The predicted molar refractivity (Wildman–Crippen MR) is 99.7 cm³/mol. The molecule has 0 bridgehead atoms. The fourth-order valence-electron chi connectivity index (χ4n) is 3.91. The second-order valence-electron chi connectivity index (χ2n) is 7.25. The molecule has 2 aliphatic heterocycles. The largest absolute Gasteiger partial charge is 0.379 e. The van der Waals surface area contributed by atoms with Crippen molar-refractivity contribution >= 4 is 5.91 Å². The van der Waals surface area contributed by atoms with Crippen molar-refractivity contribution in [2.75, 3.05) is 45.9 Å². The summed E-state index contributed by atoms with van der Waals surface area (Å²) in [4.78, 5) is 17.5. The van der Waals surface area contributed by atoms with Gasteiger partial charge in [-0.2, -0.15) is 4.68 Å². The number of carbonyl (C=O) groups excluding carboxylic acids is 1. The zero-order valence-corrected chi connectivity index (χ0v) is 15.5. The lowest BCUT2D eigenvalue weighted by Gasteiger charge is -2.34. The number of carbonyl (C=O) groups is 1. The zero-order chi connectivity index (χ0) is 18.5. The van der Waals surface area contributed by atoms with Crippen molar-refractivity contribution in [3.05, 3.63) is 36.2 Å². The van der Waals surface area contributed by atoms with Crippen molar-refractivity contribution < 1.29 is 9.53 Å². The number of amides is 1. The third-order valence-corrected chi connectivity index (χ3v) is 5.59. The standard InChI is InChI=1S/C19H26N6O2/c26-19(17-3-1-2-4-18(17)25-15-20-21-22-25)24-9-6-16(7-10-24)5-8-23-11-13-27-14-12-23/h1-4,15-16H,5-14H2. The highest BCUT2D eigenvalue weighted by Gasteiger charge is 2.26. The van der Waals surface area contributed by atoms with Gasteiger partial charge in [0.25, 0.3) is 5.91 Å². The van der Waals surface area contributed by atoms with Gasteiger partial charge in [0.2, 0.25) is 0 Å². The van der Waals surface area contributed by atoms with E-state index in [4.69, 9.17) is 4.74 Å². The molecular weight excluding hydrogens is 344 g/mol. The SMILES string of the molecule is O=C(c1ccccc1-n1cnnn1)N1CCC(CCN2CCOCC2)CC1. The first-order valence-electron chi connectivity index (χ1n) is 9.73. The second-order valence-corrected chi connectivity index (χ2v) is 7.25. The van der Waals surface area contributed by atoms with Crippen molar-refractivity contribution in [2.45, 2.75) is 19.3 Å². The van der Waals surface area contributed by atoms with E-state index in [2.05, 4.69) is 20.4 Å². The van der Waals surface area contributed by atoms with Crippen LogP contribution in [0.2, 0.25) is 0 Å². The van der Waals surface area contributed by atoms with Gasteiger partial charge in [0.15, 0.2) is 0 Å². The first kappa shape index (κ1) is 18.1. The van der Waals surface area contributed by atoms with Crippen LogP contribution in [0.15, 0.2) is 30.6 Å². The molecule has 2 aliphatic rings. The maximum atomic E-state index is 13.0. The van der Waals surface area contributed by atoms with E-state index >= 15 is 0 Å². The molecule has 4 rings (SSSR count). The van der Waals surface area contributed by atoms with Crippen LogP contribution in [0, 0.1) is 5.92 Å². The van der Waals surface area contributed by atoms with Gasteiger partial charge in [0.1, 0.15) is 6.33 Å². The lowest BCUT2D eigenvalue weighted by atomic mass is 9.93. The van der Waals surface area contributed by atoms with Crippen LogP contribution in [0.5, 0.6) is 0 Å². The van der Waals surface area contributed by atoms with Crippen molar-refractivity contribution in [1.29, 1.82) is 0 Å². The number of benzene rings is 1. The Morgan fingerprint density at radius 2 is 1.89 bits per heavy atom. The third-order valence-electron chi connectivity index (χ3n) is 5.59. The molecule has 8 heteroatoms. The predicted octanol–water partition coefficient (Wildman–Crippen LogP) is 1.24. The summed E-state index contributed by atoms with van der Waals surface area (Å²) < 4.78 is 6.95. The van der Waals surface area contributed by atoms with Crippen LogP contribution in [-0.4, -0.2) is 81.9 Å². The summed E-state index contributed by atoms with van der Waals surface area (Å²) in [7, 11) is 0. The minimum absolute atomic E-state index is 0.0627. The van der Waals surface area contributed by atoms with Gasteiger partial charge in [-0.1, -0.05) is 12.1 Å². The molecule has 1 aromatic heterocycles. The first-order valence-corrected chi connectivity index (χ1v) is 9.73. The Balaban J connectivity index is 1.33. The van der Waals surface area contributed by atoms with Gasteiger partial charge in [-0.05, 0) is 54.3 Å². The minimum Gasteiger partial charge on any atom is -0.379 e. The lowest BCUT2D eigenvalue weighted by molar-refractivity contribution is 0.0332. The summed E-state index contributed by atoms with van der Waals surface area (Å²) in [6.45, 7) is 6.58. The summed E-state index contributed by atoms with van der Waals surface area (Å²) in [6.07, 6.45) is 4.87. The van der Waals surface area contributed by atoms with Gasteiger partial charge in [0.05, 0.1) is 24.5 Å². The fourth-order valence-corrected chi connectivity index (χ4v) is 3.91. The van der Waals surface area contributed by atoms with Crippen LogP contribution < -0.4 is 0 Å². The van der Waals surface area contributed by atoms with Gasteiger partial charge in [-0.25, -0.2) is 0 Å². The Morgan fingerprint density at radius 1 is 1.11 bits per heavy atom. The molecule has 0 saturated carbocycles. The highest BCUT2D eigenvalue weighted by atomic mass is 16.5. The van der Waals surface area contributed by atoms with E-state index < -0.39 is 0 Å². The molecule has 0 spiro atoms. The molecule has 2 fully saturated rings. The van der Waals surface area contributed by atoms with E-state index in [1.807, 2.05) is 29.2 Å². The molecule has 3 heterocycles. The number of hydrogen-bond donors (Lipinski definition) is 0. The fraction of sp³-hybridized carbons (Fsp3) is 0.579. The average molecular weight is 370 g/mol. The van der Waals surface area contributed by atoms with E-state index in [1.165, 1.54) is 12.7 Å². The van der Waals surface area contributed by atoms with E-state index in [1.54, 1.807) is 4.68 Å². The van der Waals surface area contributed by atoms with E-state index in [0.717, 1.165) is 64.5 Å². The Bertz CT molecular complexity index is 736. The number of ether oxygens (including phenoxy) is 1. The number of nitrogens with zero attached hydrogens (tertiary/aromatic N) is 6. The third kappa shape index (κ3) is 4.33. The zero-order valence-electron chi connectivity index (χ0n) is 15.5. The van der Waals surface area contributed by atoms with E-state index in [-0.39, 0.29) is 5.91 Å². The van der Waals surface area contributed by atoms with Gasteiger partial charge < -0.3 is 9.64 Å². The summed E-state index contributed by atoms with van der Waals surface area (Å²) in [6, 6.07) is 7.50. The van der Waals surface area contributed by atoms with Crippen LogP contribution >= 0.6 is 0 Å². The Morgan fingerprint density at radius 3 is 2.63 bits per heavy atom. The number of piperidine rings is 1. The summed E-state index contributed by atoms with van der Waals surface area (Å²) in [5.74, 6) is 0.763. The molecule has 0 aliphatic carbocycles.